The van der Waals surface area contributed by atoms with E-state index in [4.69, 9.17) is 74.0 Å². The third-order valence-corrected chi connectivity index (χ3v) is 4.83. The summed E-state index contributed by atoms with van der Waals surface area (Å²) < 4.78 is 1.58. The van der Waals surface area contributed by atoms with Crippen molar-refractivity contribution in [2.75, 3.05) is 0 Å². The van der Waals surface area contributed by atoms with Crippen LogP contribution in [-0.2, 0) is 4.79 Å². The number of halogens is 6. The van der Waals surface area contributed by atoms with E-state index in [1.807, 2.05) is 60.7 Å². The summed E-state index contributed by atoms with van der Waals surface area (Å²) >= 11 is 34.6. The minimum absolute atomic E-state index is 0.311. The van der Waals surface area contributed by atoms with Crippen molar-refractivity contribution < 1.29 is 9.21 Å². The van der Waals surface area contributed by atoms with Gasteiger partial charge in [-0.05, 0) is 0 Å². The Morgan fingerprint density at radius 3 is 1.55 bits per heavy atom. The minimum atomic E-state index is -2.33. The first-order chi connectivity index (χ1) is 14.5. The predicted molar refractivity (Wildman–Crippen MR) is 128 cm³/mol. The van der Waals surface area contributed by atoms with Crippen molar-refractivity contribution in [2.45, 2.75) is 7.59 Å². The molecule has 0 saturated heterocycles. The molecule has 0 saturated carbocycles. The van der Waals surface area contributed by atoms with Crippen molar-refractivity contribution in [2.24, 2.45) is 9.98 Å². The highest BCUT2D eigenvalue weighted by Crippen LogP contribution is 2.32. The van der Waals surface area contributed by atoms with Gasteiger partial charge in [-0.15, -0.1) is 0 Å². The molecular formula is C21H12Cl6N2O2. The van der Waals surface area contributed by atoms with Crippen LogP contribution in [-0.4, -0.2) is 19.3 Å². The molecule has 0 aliphatic heterocycles. The van der Waals surface area contributed by atoms with Crippen LogP contribution in [0.25, 0.3) is 22.6 Å². The zero-order chi connectivity index (χ0) is 22.6. The first kappa shape index (κ1) is 24.1. The standard InChI is InChI=1S/C21H12Cl6N2O2/c22-20(23,24)18(29-19(30)21(25,26)27)28-15-11-16(13-7-3-1-4-8-13)31-17(12-15)14-9-5-2-6-10-14/h1-12H. The molecule has 0 unspecified atom stereocenters. The largest absolute Gasteiger partial charge is 0.456 e. The van der Waals surface area contributed by atoms with Crippen molar-refractivity contribution in [3.63, 3.8) is 0 Å². The summed E-state index contributed by atoms with van der Waals surface area (Å²) in [6.07, 6.45) is 0. The zero-order valence-electron chi connectivity index (χ0n) is 15.4. The van der Waals surface area contributed by atoms with Crippen molar-refractivity contribution in [1.82, 2.24) is 0 Å². The number of hydrogen-bond acceptors (Lipinski definition) is 2. The number of rotatable bonds is 2. The van der Waals surface area contributed by atoms with Gasteiger partial charge in [0.05, 0.1) is 5.36 Å². The van der Waals surface area contributed by atoms with Crippen LogP contribution in [0, 0.1) is 0 Å². The molecule has 3 aromatic rings. The van der Waals surface area contributed by atoms with Crippen molar-refractivity contribution in [3.05, 3.63) is 78.2 Å². The van der Waals surface area contributed by atoms with Gasteiger partial charge < -0.3 is 4.42 Å². The van der Waals surface area contributed by atoms with E-state index in [0.717, 1.165) is 11.1 Å². The third-order valence-electron chi connectivity index (χ3n) is 3.83. The van der Waals surface area contributed by atoms with Gasteiger partial charge in [0, 0.05) is 23.3 Å². The van der Waals surface area contributed by atoms with Crippen LogP contribution in [0.4, 0.5) is 0 Å². The highest BCUT2D eigenvalue weighted by Gasteiger charge is 2.35. The summed E-state index contributed by atoms with van der Waals surface area (Å²) in [7, 11) is 0. The van der Waals surface area contributed by atoms with Crippen LogP contribution in [0.1, 0.15) is 0 Å². The topological polar surface area (TPSA) is 54.9 Å². The maximum atomic E-state index is 12.1. The second-order valence-electron chi connectivity index (χ2n) is 6.12. The monoisotopic (exact) mass is 534 g/mol. The van der Waals surface area contributed by atoms with Gasteiger partial charge in [0.1, 0.15) is 11.5 Å². The summed E-state index contributed by atoms with van der Waals surface area (Å²) in [6.45, 7) is 0. The van der Waals surface area contributed by atoms with Gasteiger partial charge in [0.15, 0.2) is 5.84 Å². The molecule has 31 heavy (non-hydrogen) atoms. The molecule has 1 amide bonds. The van der Waals surface area contributed by atoms with E-state index in [1.165, 1.54) is 0 Å². The molecule has 10 heteroatoms. The average molecular weight is 537 g/mol. The Morgan fingerprint density at radius 1 is 0.710 bits per heavy atom. The molecule has 1 aromatic heterocycles. The summed E-state index contributed by atoms with van der Waals surface area (Å²) in [6, 6.07) is 21.9. The molecule has 0 N–H and O–H groups in total. The number of amides is 1. The number of benzene rings is 2. The first-order valence-electron chi connectivity index (χ1n) is 8.62. The fourth-order valence-corrected chi connectivity index (χ4v) is 2.86. The normalized spacial score (nSPS) is 12.5. The molecule has 0 aliphatic rings. The SMILES string of the molecule is O=C(N=C(N=c1cc(-c2ccccc2)oc(-c2ccccc2)c1)C(Cl)(Cl)Cl)C(Cl)(Cl)Cl. The molecule has 0 spiro atoms. The number of nitrogens with zero attached hydrogens (tertiary/aromatic N) is 2. The lowest BCUT2D eigenvalue weighted by molar-refractivity contribution is -0.116. The summed E-state index contributed by atoms with van der Waals surface area (Å²) in [5.74, 6) is -0.609. The molecule has 2 aromatic carbocycles. The first-order valence-corrected chi connectivity index (χ1v) is 10.9. The maximum absolute atomic E-state index is 12.1. The molecule has 0 bridgehead atoms. The molecule has 0 atom stereocenters. The summed E-state index contributed by atoms with van der Waals surface area (Å²) in [5.41, 5.74) is 1.59. The lowest BCUT2D eigenvalue weighted by Crippen LogP contribution is -2.25. The van der Waals surface area contributed by atoms with Gasteiger partial charge in [-0.2, -0.15) is 4.99 Å². The third kappa shape index (κ3) is 6.72. The molecule has 3 rings (SSSR count). The van der Waals surface area contributed by atoms with Gasteiger partial charge in [-0.25, -0.2) is 4.99 Å². The lowest BCUT2D eigenvalue weighted by Gasteiger charge is -2.12. The van der Waals surface area contributed by atoms with Crippen molar-refractivity contribution in [3.8, 4) is 22.6 Å². The second kappa shape index (κ2) is 9.95. The fourth-order valence-electron chi connectivity index (χ4n) is 2.48. The van der Waals surface area contributed by atoms with E-state index in [2.05, 4.69) is 9.98 Å². The quantitative estimate of drug-likeness (QED) is 0.198. The number of carbonyl (C=O) groups is 1. The maximum Gasteiger partial charge on any atom is 0.299 e. The van der Waals surface area contributed by atoms with Crippen LogP contribution in [0.5, 0.6) is 0 Å². The van der Waals surface area contributed by atoms with Crippen LogP contribution in [0.3, 0.4) is 0 Å². The van der Waals surface area contributed by atoms with Gasteiger partial charge in [0.25, 0.3) is 9.70 Å². The Balaban J connectivity index is 2.23. The van der Waals surface area contributed by atoms with Crippen LogP contribution in [0.15, 0.2) is 87.2 Å². The minimum Gasteiger partial charge on any atom is -0.456 e. The Bertz CT molecular complexity index is 1100. The van der Waals surface area contributed by atoms with Crippen LogP contribution < -0.4 is 5.36 Å². The van der Waals surface area contributed by atoms with Crippen LogP contribution in [0.2, 0.25) is 0 Å². The molecular weight excluding hydrogens is 525 g/mol. The fraction of sp³-hybridized carbons (Fsp3) is 0.0952. The number of hydrogen-bond donors (Lipinski definition) is 0. The van der Waals surface area contributed by atoms with E-state index in [-0.39, 0.29) is 0 Å². The Labute approximate surface area is 208 Å². The number of alkyl halides is 6. The van der Waals surface area contributed by atoms with E-state index < -0.39 is 19.3 Å². The van der Waals surface area contributed by atoms with E-state index in [0.29, 0.717) is 16.9 Å². The summed E-state index contributed by atoms with van der Waals surface area (Å²) in [5, 5.41) is 0.311. The van der Waals surface area contributed by atoms with E-state index >= 15 is 0 Å². The van der Waals surface area contributed by atoms with E-state index in [9.17, 15) is 4.79 Å². The van der Waals surface area contributed by atoms with Gasteiger partial charge in [-0.3, -0.25) is 4.79 Å². The molecule has 1 heterocycles. The Morgan fingerprint density at radius 2 is 1.16 bits per heavy atom. The lowest BCUT2D eigenvalue weighted by atomic mass is 10.1. The number of amidine groups is 1. The van der Waals surface area contributed by atoms with Gasteiger partial charge in [0.2, 0.25) is 3.79 Å². The molecule has 160 valence electrons. The molecule has 4 nitrogen and oxygen atoms in total. The predicted octanol–water partition coefficient (Wildman–Crippen LogP) is 7.18. The summed E-state index contributed by atoms with van der Waals surface area (Å²) in [4.78, 5) is 19.9. The Hall–Kier alpha value is -1.53. The molecule has 0 fully saturated rings. The number of aliphatic imine (C=N–C) groups is 1. The average Bonchev–Trinajstić information content (AvgIpc) is 2.73. The van der Waals surface area contributed by atoms with Crippen LogP contribution >= 0.6 is 69.6 Å². The Kier molecular flexibility index (Phi) is 7.74. The van der Waals surface area contributed by atoms with E-state index in [1.54, 1.807) is 12.1 Å². The number of carbonyl (C=O) groups excluding carboxylic acids is 1. The van der Waals surface area contributed by atoms with Crippen molar-refractivity contribution >= 4 is 81.3 Å². The molecule has 0 radical (unpaired) electrons. The van der Waals surface area contributed by atoms with Crippen molar-refractivity contribution in [1.29, 1.82) is 0 Å². The zero-order valence-corrected chi connectivity index (χ0v) is 19.9. The highest BCUT2D eigenvalue weighted by atomic mass is 35.6. The molecule has 0 aliphatic carbocycles. The smallest absolute Gasteiger partial charge is 0.299 e. The second-order valence-corrected chi connectivity index (χ2v) is 10.7. The van der Waals surface area contributed by atoms with Gasteiger partial charge in [-0.1, -0.05) is 130 Å². The van der Waals surface area contributed by atoms with Gasteiger partial charge >= 0.3 is 0 Å². The highest BCUT2D eigenvalue weighted by molar-refractivity contribution is 6.78.